The van der Waals surface area contributed by atoms with E-state index in [0.29, 0.717) is 17.8 Å². The van der Waals surface area contributed by atoms with Gasteiger partial charge in [0.2, 0.25) is 5.91 Å². The number of nitrogens with zero attached hydrogens (tertiary/aromatic N) is 1. The average molecular weight is 441 g/mol. The van der Waals surface area contributed by atoms with Crippen molar-refractivity contribution < 1.29 is 4.79 Å². The molecular formula is C15H20BrCl2N3OS. The van der Waals surface area contributed by atoms with Crippen LogP contribution < -0.4 is 11.1 Å². The number of nitrogen functional groups attached to an aromatic ring is 1. The number of anilines is 2. The summed E-state index contributed by atoms with van der Waals surface area (Å²) in [5.74, 6) is -0.0221. The zero-order chi connectivity index (χ0) is 15.4. The van der Waals surface area contributed by atoms with E-state index in [-0.39, 0.29) is 30.7 Å². The highest BCUT2D eigenvalue weighted by atomic mass is 79.9. The minimum Gasteiger partial charge on any atom is -0.397 e. The number of hydrogen-bond donors (Lipinski definition) is 2. The summed E-state index contributed by atoms with van der Waals surface area (Å²) in [6.07, 6.45) is 2.06. The van der Waals surface area contributed by atoms with E-state index in [4.69, 9.17) is 5.73 Å². The molecule has 0 aliphatic rings. The number of aryl methyl sites for hydroxylation is 3. The second-order valence-corrected chi connectivity index (χ2v) is 6.92. The summed E-state index contributed by atoms with van der Waals surface area (Å²) in [7, 11) is 0. The van der Waals surface area contributed by atoms with E-state index < -0.39 is 0 Å². The topological polar surface area (TPSA) is 68.0 Å². The fourth-order valence-corrected chi connectivity index (χ4v) is 3.24. The number of rotatable bonds is 5. The molecule has 2 rings (SSSR count). The molecule has 1 aromatic carbocycles. The molecule has 2 aromatic rings. The van der Waals surface area contributed by atoms with Gasteiger partial charge >= 0.3 is 0 Å². The summed E-state index contributed by atoms with van der Waals surface area (Å²) in [6, 6.07) is 3.75. The Labute approximate surface area is 161 Å². The van der Waals surface area contributed by atoms with E-state index in [1.165, 1.54) is 0 Å². The first-order chi connectivity index (χ1) is 9.95. The van der Waals surface area contributed by atoms with Crippen LogP contribution in [0.5, 0.6) is 0 Å². The summed E-state index contributed by atoms with van der Waals surface area (Å²) >= 11 is 5.05. The normalized spacial score (nSPS) is 9.70. The highest BCUT2D eigenvalue weighted by Crippen LogP contribution is 2.27. The van der Waals surface area contributed by atoms with Crippen molar-refractivity contribution in [1.29, 1.82) is 0 Å². The van der Waals surface area contributed by atoms with Gasteiger partial charge in [0.05, 0.1) is 22.1 Å². The lowest BCUT2D eigenvalue weighted by atomic mass is 10.1. The van der Waals surface area contributed by atoms with E-state index in [9.17, 15) is 4.79 Å². The van der Waals surface area contributed by atoms with E-state index in [0.717, 1.165) is 33.6 Å². The summed E-state index contributed by atoms with van der Waals surface area (Å²) in [4.78, 5) is 16.4. The molecule has 1 aromatic heterocycles. The monoisotopic (exact) mass is 439 g/mol. The Morgan fingerprint density at radius 2 is 2.04 bits per heavy atom. The molecule has 1 amide bonds. The van der Waals surface area contributed by atoms with E-state index in [2.05, 4.69) is 26.2 Å². The molecule has 0 aliphatic carbocycles. The van der Waals surface area contributed by atoms with Gasteiger partial charge in [-0.05, 0) is 44.4 Å². The number of nitrogens with one attached hydrogen (secondary N) is 1. The molecule has 0 radical (unpaired) electrons. The van der Waals surface area contributed by atoms with Crippen LogP contribution in [0.25, 0.3) is 0 Å². The SMILES string of the molecule is Cc1nc(CCCC(=O)Nc2cc(Br)cc(C)c2N)cs1.Cl.Cl. The molecule has 128 valence electrons. The first-order valence-electron chi connectivity index (χ1n) is 6.72. The molecule has 8 heteroatoms. The van der Waals surface area contributed by atoms with Crippen molar-refractivity contribution in [3.05, 3.63) is 38.3 Å². The molecule has 0 bridgehead atoms. The molecule has 0 aliphatic heterocycles. The van der Waals surface area contributed by atoms with Crippen LogP contribution in [0.2, 0.25) is 0 Å². The predicted octanol–water partition coefficient (Wildman–Crippen LogP) is 4.91. The van der Waals surface area contributed by atoms with Crippen molar-refractivity contribution in [2.24, 2.45) is 0 Å². The van der Waals surface area contributed by atoms with Gasteiger partial charge in [0.15, 0.2) is 0 Å². The number of hydrogen-bond acceptors (Lipinski definition) is 4. The van der Waals surface area contributed by atoms with Gasteiger partial charge in [-0.2, -0.15) is 0 Å². The second-order valence-electron chi connectivity index (χ2n) is 4.94. The molecule has 4 nitrogen and oxygen atoms in total. The summed E-state index contributed by atoms with van der Waals surface area (Å²) in [5.41, 5.74) is 9.25. The molecular weight excluding hydrogens is 421 g/mol. The van der Waals surface area contributed by atoms with Crippen LogP contribution >= 0.6 is 52.1 Å². The van der Waals surface area contributed by atoms with Crippen molar-refractivity contribution in [2.45, 2.75) is 33.1 Å². The molecule has 0 fully saturated rings. The maximum absolute atomic E-state index is 12.0. The zero-order valence-electron chi connectivity index (χ0n) is 12.9. The van der Waals surface area contributed by atoms with Crippen molar-refractivity contribution in [3.63, 3.8) is 0 Å². The van der Waals surface area contributed by atoms with Crippen LogP contribution in [-0.2, 0) is 11.2 Å². The first kappa shape index (κ1) is 22.2. The Morgan fingerprint density at radius 3 is 2.65 bits per heavy atom. The third-order valence-electron chi connectivity index (χ3n) is 3.13. The van der Waals surface area contributed by atoms with Crippen molar-refractivity contribution >= 4 is 69.4 Å². The van der Waals surface area contributed by atoms with Gasteiger partial charge in [0.25, 0.3) is 0 Å². The molecule has 23 heavy (non-hydrogen) atoms. The number of thiazole rings is 1. The highest BCUT2D eigenvalue weighted by Gasteiger charge is 2.09. The van der Waals surface area contributed by atoms with Gasteiger partial charge < -0.3 is 11.1 Å². The Kier molecular flexibility index (Phi) is 9.77. The summed E-state index contributed by atoms with van der Waals surface area (Å²) in [6.45, 7) is 3.90. The maximum atomic E-state index is 12.0. The third-order valence-corrected chi connectivity index (χ3v) is 4.41. The maximum Gasteiger partial charge on any atom is 0.224 e. The lowest BCUT2D eigenvalue weighted by Gasteiger charge is -2.11. The van der Waals surface area contributed by atoms with Crippen molar-refractivity contribution in [3.8, 4) is 0 Å². The first-order valence-corrected chi connectivity index (χ1v) is 8.39. The van der Waals surface area contributed by atoms with E-state index in [1.807, 2.05) is 31.4 Å². The van der Waals surface area contributed by atoms with Crippen molar-refractivity contribution in [1.82, 2.24) is 4.98 Å². The fraction of sp³-hybridized carbons (Fsp3) is 0.333. The number of amides is 1. The average Bonchev–Trinajstić information content (AvgIpc) is 2.81. The molecule has 1 heterocycles. The Morgan fingerprint density at radius 1 is 1.35 bits per heavy atom. The summed E-state index contributed by atoms with van der Waals surface area (Å²) in [5, 5.41) is 5.98. The zero-order valence-corrected chi connectivity index (χ0v) is 16.9. The molecule has 3 N–H and O–H groups in total. The molecule has 0 atom stereocenters. The highest BCUT2D eigenvalue weighted by molar-refractivity contribution is 9.10. The quantitative estimate of drug-likeness (QED) is 0.649. The van der Waals surface area contributed by atoms with Crippen LogP contribution in [0, 0.1) is 13.8 Å². The molecule has 0 unspecified atom stereocenters. The van der Waals surface area contributed by atoms with Crippen LogP contribution in [-0.4, -0.2) is 10.9 Å². The number of halogens is 3. The number of benzene rings is 1. The van der Waals surface area contributed by atoms with Gasteiger partial charge in [-0.3, -0.25) is 4.79 Å². The Hall–Kier alpha value is -0.820. The number of carbonyl (C=O) groups excluding carboxylic acids is 1. The standard InChI is InChI=1S/C15H18BrN3OS.2ClH/c1-9-6-11(16)7-13(15(9)17)19-14(20)5-3-4-12-8-21-10(2)18-12;;/h6-8H,3-5,17H2,1-2H3,(H,19,20);2*1H. The molecule has 0 spiro atoms. The number of carbonyl (C=O) groups is 1. The molecule has 0 saturated carbocycles. The van der Waals surface area contributed by atoms with Crippen LogP contribution in [0.3, 0.4) is 0 Å². The molecule has 0 saturated heterocycles. The van der Waals surface area contributed by atoms with Gasteiger partial charge in [-0.25, -0.2) is 4.98 Å². The van der Waals surface area contributed by atoms with Crippen molar-refractivity contribution in [2.75, 3.05) is 11.1 Å². The van der Waals surface area contributed by atoms with Crippen LogP contribution in [0.1, 0.15) is 29.1 Å². The third kappa shape index (κ3) is 6.67. The lowest BCUT2D eigenvalue weighted by Crippen LogP contribution is -2.13. The summed E-state index contributed by atoms with van der Waals surface area (Å²) < 4.78 is 0.905. The van der Waals surface area contributed by atoms with Crippen LogP contribution in [0.4, 0.5) is 11.4 Å². The van der Waals surface area contributed by atoms with Crippen LogP contribution in [0.15, 0.2) is 22.0 Å². The van der Waals surface area contributed by atoms with Gasteiger partial charge in [-0.15, -0.1) is 36.2 Å². The number of aromatic nitrogens is 1. The van der Waals surface area contributed by atoms with Gasteiger partial charge in [0.1, 0.15) is 0 Å². The van der Waals surface area contributed by atoms with Gasteiger partial charge in [-0.1, -0.05) is 15.9 Å². The second kappa shape index (κ2) is 10.1. The lowest BCUT2D eigenvalue weighted by molar-refractivity contribution is -0.116. The van der Waals surface area contributed by atoms with Gasteiger partial charge in [0, 0.05) is 16.3 Å². The Balaban J connectivity index is 0.00000242. The minimum absolute atomic E-state index is 0. The Bertz CT molecular complexity index is 664. The van der Waals surface area contributed by atoms with E-state index >= 15 is 0 Å². The fourth-order valence-electron chi connectivity index (χ4n) is 2.02. The smallest absolute Gasteiger partial charge is 0.224 e. The van der Waals surface area contributed by atoms with E-state index in [1.54, 1.807) is 11.3 Å². The predicted molar refractivity (Wildman–Crippen MR) is 106 cm³/mol. The minimum atomic E-state index is -0.0221. The number of nitrogens with two attached hydrogens (primary N) is 1. The largest absolute Gasteiger partial charge is 0.397 e.